The summed E-state index contributed by atoms with van der Waals surface area (Å²) in [5.74, 6) is 0.142. The molecule has 0 saturated heterocycles. The Bertz CT molecular complexity index is 385. The lowest BCUT2D eigenvalue weighted by atomic mass is 9.84. The number of hydrogen-bond acceptors (Lipinski definition) is 3. The van der Waals surface area contributed by atoms with Crippen LogP contribution >= 0.6 is 0 Å². The van der Waals surface area contributed by atoms with E-state index in [0.29, 0.717) is 6.54 Å². The Hall–Kier alpha value is -1.42. The number of nitrogens with zero attached hydrogens (tertiary/aromatic N) is 2. The summed E-state index contributed by atoms with van der Waals surface area (Å²) >= 11 is 0. The summed E-state index contributed by atoms with van der Waals surface area (Å²) in [6, 6.07) is 3.69. The van der Waals surface area contributed by atoms with E-state index in [2.05, 4.69) is 4.98 Å². The SMILES string of the molecule is CN(C(=O)C1(CN)CCCC1)c1ccncc1. The van der Waals surface area contributed by atoms with Gasteiger partial charge in [-0.05, 0) is 25.0 Å². The van der Waals surface area contributed by atoms with Crippen LogP contribution in [0.2, 0.25) is 0 Å². The van der Waals surface area contributed by atoms with Crippen LogP contribution in [0.5, 0.6) is 0 Å². The molecule has 1 aromatic rings. The summed E-state index contributed by atoms with van der Waals surface area (Å²) in [4.78, 5) is 18.2. The Morgan fingerprint density at radius 2 is 2.00 bits per heavy atom. The molecule has 0 bridgehead atoms. The highest BCUT2D eigenvalue weighted by Crippen LogP contribution is 2.39. The maximum atomic E-state index is 12.5. The molecule has 1 amide bonds. The van der Waals surface area contributed by atoms with Gasteiger partial charge in [-0.3, -0.25) is 9.78 Å². The monoisotopic (exact) mass is 233 g/mol. The number of carbonyl (C=O) groups is 1. The van der Waals surface area contributed by atoms with Crippen LogP contribution in [0.3, 0.4) is 0 Å². The Morgan fingerprint density at radius 1 is 1.41 bits per heavy atom. The van der Waals surface area contributed by atoms with Crippen molar-refractivity contribution in [2.24, 2.45) is 11.1 Å². The van der Waals surface area contributed by atoms with E-state index >= 15 is 0 Å². The van der Waals surface area contributed by atoms with Crippen LogP contribution in [0.1, 0.15) is 25.7 Å². The van der Waals surface area contributed by atoms with Gasteiger partial charge in [-0.15, -0.1) is 0 Å². The highest BCUT2D eigenvalue weighted by Gasteiger charge is 2.41. The molecule has 4 heteroatoms. The Balaban J connectivity index is 2.19. The van der Waals surface area contributed by atoms with Crippen molar-refractivity contribution in [3.8, 4) is 0 Å². The first kappa shape index (κ1) is 12.0. The molecule has 1 saturated carbocycles. The van der Waals surface area contributed by atoms with E-state index in [9.17, 15) is 4.79 Å². The van der Waals surface area contributed by atoms with Crippen LogP contribution < -0.4 is 10.6 Å². The predicted molar refractivity (Wildman–Crippen MR) is 67.6 cm³/mol. The number of nitrogens with two attached hydrogens (primary N) is 1. The van der Waals surface area contributed by atoms with Gasteiger partial charge in [0.05, 0.1) is 5.41 Å². The molecule has 1 heterocycles. The molecule has 0 spiro atoms. The minimum absolute atomic E-state index is 0.142. The summed E-state index contributed by atoms with van der Waals surface area (Å²) in [6.45, 7) is 0.446. The first-order valence-electron chi connectivity index (χ1n) is 6.08. The highest BCUT2D eigenvalue weighted by atomic mass is 16.2. The third-order valence-corrected chi connectivity index (χ3v) is 3.76. The lowest BCUT2D eigenvalue weighted by molar-refractivity contribution is -0.127. The number of aromatic nitrogens is 1. The van der Waals surface area contributed by atoms with Crippen molar-refractivity contribution >= 4 is 11.6 Å². The second-order valence-electron chi connectivity index (χ2n) is 4.76. The van der Waals surface area contributed by atoms with Crippen molar-refractivity contribution in [1.82, 2.24) is 4.98 Å². The van der Waals surface area contributed by atoms with Crippen LogP contribution in [-0.4, -0.2) is 24.5 Å². The molecule has 0 unspecified atom stereocenters. The standard InChI is InChI=1S/C13H19N3O/c1-16(11-4-8-15-9-5-11)12(17)13(10-14)6-2-3-7-13/h4-5,8-9H,2-3,6-7,10,14H2,1H3. The molecule has 4 nitrogen and oxygen atoms in total. The van der Waals surface area contributed by atoms with Crippen molar-refractivity contribution in [2.45, 2.75) is 25.7 Å². The fourth-order valence-corrected chi connectivity index (χ4v) is 2.60. The molecule has 17 heavy (non-hydrogen) atoms. The molecule has 2 N–H and O–H groups in total. The number of hydrogen-bond donors (Lipinski definition) is 1. The zero-order chi connectivity index (χ0) is 12.3. The van der Waals surface area contributed by atoms with Gasteiger partial charge in [-0.2, -0.15) is 0 Å². The summed E-state index contributed by atoms with van der Waals surface area (Å²) in [6.07, 6.45) is 7.43. The molecular formula is C13H19N3O. The summed E-state index contributed by atoms with van der Waals surface area (Å²) in [5, 5.41) is 0. The minimum Gasteiger partial charge on any atom is -0.329 e. The quantitative estimate of drug-likeness (QED) is 0.862. The summed E-state index contributed by atoms with van der Waals surface area (Å²) in [7, 11) is 1.81. The Morgan fingerprint density at radius 3 is 2.53 bits per heavy atom. The topological polar surface area (TPSA) is 59.2 Å². The van der Waals surface area contributed by atoms with Gasteiger partial charge in [-0.25, -0.2) is 0 Å². The number of rotatable bonds is 3. The number of carbonyl (C=O) groups excluding carboxylic acids is 1. The third-order valence-electron chi connectivity index (χ3n) is 3.76. The van der Waals surface area contributed by atoms with E-state index in [1.165, 1.54) is 0 Å². The molecule has 1 fully saturated rings. The van der Waals surface area contributed by atoms with Crippen LogP contribution in [0.4, 0.5) is 5.69 Å². The van der Waals surface area contributed by atoms with Crippen molar-refractivity contribution < 1.29 is 4.79 Å². The van der Waals surface area contributed by atoms with Crippen molar-refractivity contribution in [3.63, 3.8) is 0 Å². The van der Waals surface area contributed by atoms with Gasteiger partial charge in [0.15, 0.2) is 0 Å². The lowest BCUT2D eigenvalue weighted by Crippen LogP contribution is -2.45. The van der Waals surface area contributed by atoms with E-state index in [-0.39, 0.29) is 11.3 Å². The molecular weight excluding hydrogens is 214 g/mol. The maximum absolute atomic E-state index is 12.5. The maximum Gasteiger partial charge on any atom is 0.234 e. The molecule has 2 rings (SSSR count). The van der Waals surface area contributed by atoms with Gasteiger partial charge in [0.2, 0.25) is 5.91 Å². The average Bonchev–Trinajstić information content (AvgIpc) is 2.88. The molecule has 0 radical (unpaired) electrons. The molecule has 0 atom stereocenters. The zero-order valence-corrected chi connectivity index (χ0v) is 10.2. The fraction of sp³-hybridized carbons (Fsp3) is 0.538. The third kappa shape index (κ3) is 2.17. The largest absolute Gasteiger partial charge is 0.329 e. The van der Waals surface area contributed by atoms with Crippen molar-refractivity contribution in [3.05, 3.63) is 24.5 Å². The number of anilines is 1. The summed E-state index contributed by atoms with van der Waals surface area (Å²) in [5.41, 5.74) is 6.37. The average molecular weight is 233 g/mol. The predicted octanol–water partition coefficient (Wildman–Crippen LogP) is 1.56. The molecule has 0 aromatic carbocycles. The second kappa shape index (κ2) is 4.84. The zero-order valence-electron chi connectivity index (χ0n) is 10.2. The Kier molecular flexibility index (Phi) is 3.43. The van der Waals surface area contributed by atoms with Gasteiger partial charge < -0.3 is 10.6 Å². The van der Waals surface area contributed by atoms with Crippen LogP contribution in [-0.2, 0) is 4.79 Å². The van der Waals surface area contributed by atoms with Gasteiger partial charge in [-0.1, -0.05) is 12.8 Å². The molecule has 92 valence electrons. The number of pyridine rings is 1. The van der Waals surface area contributed by atoms with Crippen molar-refractivity contribution in [2.75, 3.05) is 18.5 Å². The fourth-order valence-electron chi connectivity index (χ4n) is 2.60. The molecule has 1 aliphatic carbocycles. The molecule has 0 aliphatic heterocycles. The molecule has 1 aromatic heterocycles. The van der Waals surface area contributed by atoms with Gasteiger partial charge in [0, 0.05) is 31.7 Å². The first-order chi connectivity index (χ1) is 8.19. The highest BCUT2D eigenvalue weighted by molar-refractivity contribution is 5.97. The van der Waals surface area contributed by atoms with E-state index < -0.39 is 0 Å². The van der Waals surface area contributed by atoms with Gasteiger partial charge in [0.1, 0.15) is 0 Å². The van der Waals surface area contributed by atoms with E-state index in [1.807, 2.05) is 19.2 Å². The van der Waals surface area contributed by atoms with Gasteiger partial charge in [0.25, 0.3) is 0 Å². The molecule has 1 aliphatic rings. The van der Waals surface area contributed by atoms with Gasteiger partial charge >= 0.3 is 0 Å². The van der Waals surface area contributed by atoms with Crippen LogP contribution in [0.15, 0.2) is 24.5 Å². The summed E-state index contributed by atoms with van der Waals surface area (Å²) < 4.78 is 0. The van der Waals surface area contributed by atoms with E-state index in [0.717, 1.165) is 31.4 Å². The lowest BCUT2D eigenvalue weighted by Gasteiger charge is -2.31. The van der Waals surface area contributed by atoms with Crippen molar-refractivity contribution in [1.29, 1.82) is 0 Å². The van der Waals surface area contributed by atoms with E-state index in [1.54, 1.807) is 17.3 Å². The van der Waals surface area contributed by atoms with Crippen LogP contribution in [0, 0.1) is 5.41 Å². The smallest absolute Gasteiger partial charge is 0.234 e. The van der Waals surface area contributed by atoms with E-state index in [4.69, 9.17) is 5.73 Å². The minimum atomic E-state index is -0.335. The van der Waals surface area contributed by atoms with Crippen LogP contribution in [0.25, 0.3) is 0 Å². The normalized spacial score (nSPS) is 18.0. The Labute approximate surface area is 102 Å². The first-order valence-corrected chi connectivity index (χ1v) is 6.08. The second-order valence-corrected chi connectivity index (χ2v) is 4.76. The number of amides is 1.